The minimum atomic E-state index is -3.78. The minimum Gasteiger partial charge on any atom is -0.489 e. The zero-order valence-electron chi connectivity index (χ0n) is 22.2. The van der Waals surface area contributed by atoms with Crippen molar-refractivity contribution in [2.24, 2.45) is 5.41 Å². The van der Waals surface area contributed by atoms with E-state index in [2.05, 4.69) is 10.0 Å². The lowest BCUT2D eigenvalue weighted by Gasteiger charge is -2.26. The summed E-state index contributed by atoms with van der Waals surface area (Å²) in [6.45, 7) is 10.5. The van der Waals surface area contributed by atoms with Crippen molar-refractivity contribution in [1.82, 2.24) is 0 Å². The summed E-state index contributed by atoms with van der Waals surface area (Å²) >= 11 is -1.67. The molecule has 2 unspecified atom stereocenters. The molecule has 0 aliphatic rings. The van der Waals surface area contributed by atoms with Crippen LogP contribution in [0.4, 0.5) is 11.4 Å². The molecule has 12 heteroatoms. The second-order valence-electron chi connectivity index (χ2n) is 9.78. The van der Waals surface area contributed by atoms with Crippen LogP contribution in [0.2, 0.25) is 0 Å². The Bertz CT molecular complexity index is 1280. The van der Waals surface area contributed by atoms with E-state index in [0.717, 1.165) is 11.8 Å². The summed E-state index contributed by atoms with van der Waals surface area (Å²) in [5.41, 5.74) is 0.148. The standard InChI is InChI=1S/C25H34N2O8S2/c1-15(2)33-20-11-9-16(3)13-18(20)26-24(29)22(23(28)25(4,5)6)34-21-12-10-17(35-36(7)30)14-19(21)27-37(8,31)32/h9-15,22,27H,1-8H3,(H,26,29). The summed E-state index contributed by atoms with van der Waals surface area (Å²) < 4.78 is 54.5. The second kappa shape index (κ2) is 12.0. The number of hydrogen-bond donors (Lipinski definition) is 2. The SMILES string of the molecule is Cc1ccc(OC(C)C)c(NC(=O)C(Oc2ccc(OS(C)=O)cc2NS(C)(=O)=O)C(=O)C(C)(C)C)c1. The summed E-state index contributed by atoms with van der Waals surface area (Å²) in [6, 6.07) is 9.22. The highest BCUT2D eigenvalue weighted by Gasteiger charge is 2.37. The summed E-state index contributed by atoms with van der Waals surface area (Å²) in [5.74, 6) is -0.883. The molecule has 2 aromatic carbocycles. The smallest absolute Gasteiger partial charge is 0.273 e. The molecule has 37 heavy (non-hydrogen) atoms. The van der Waals surface area contributed by atoms with Crippen LogP contribution in [0.3, 0.4) is 0 Å². The maximum absolute atomic E-state index is 13.4. The van der Waals surface area contributed by atoms with E-state index in [1.54, 1.807) is 32.9 Å². The average molecular weight is 555 g/mol. The third kappa shape index (κ3) is 9.36. The van der Waals surface area contributed by atoms with Gasteiger partial charge in [0.05, 0.1) is 23.7 Å². The summed E-state index contributed by atoms with van der Waals surface area (Å²) in [7, 11) is -3.78. The summed E-state index contributed by atoms with van der Waals surface area (Å²) in [5, 5.41) is 2.72. The first-order valence-electron chi connectivity index (χ1n) is 11.4. The van der Waals surface area contributed by atoms with E-state index in [1.807, 2.05) is 26.8 Å². The maximum atomic E-state index is 13.4. The second-order valence-corrected chi connectivity index (χ2v) is 12.5. The topological polar surface area (TPSA) is 137 Å². The molecule has 0 aromatic heterocycles. The Morgan fingerprint density at radius 3 is 2.11 bits per heavy atom. The number of ether oxygens (including phenoxy) is 2. The van der Waals surface area contributed by atoms with Gasteiger partial charge < -0.3 is 19.0 Å². The van der Waals surface area contributed by atoms with Gasteiger partial charge in [-0.1, -0.05) is 26.8 Å². The van der Waals surface area contributed by atoms with Gasteiger partial charge in [-0.15, -0.1) is 0 Å². The number of aryl methyl sites for hydroxylation is 1. The fraction of sp³-hybridized carbons (Fsp3) is 0.440. The molecule has 1 amide bonds. The number of carbonyl (C=O) groups excluding carboxylic acids is 2. The number of carbonyl (C=O) groups is 2. The average Bonchev–Trinajstić information content (AvgIpc) is 2.72. The molecule has 0 bridgehead atoms. The van der Waals surface area contributed by atoms with E-state index >= 15 is 0 Å². The Balaban J connectivity index is 2.52. The van der Waals surface area contributed by atoms with Crippen molar-refractivity contribution in [1.29, 1.82) is 0 Å². The molecule has 0 saturated heterocycles. The minimum absolute atomic E-state index is 0.0932. The summed E-state index contributed by atoms with van der Waals surface area (Å²) in [4.78, 5) is 26.8. The van der Waals surface area contributed by atoms with Crippen LogP contribution in [0, 0.1) is 12.3 Å². The molecule has 0 fully saturated rings. The molecule has 0 aliphatic carbocycles. The maximum Gasteiger partial charge on any atom is 0.273 e. The molecule has 2 aromatic rings. The molecule has 0 radical (unpaired) electrons. The van der Waals surface area contributed by atoms with Gasteiger partial charge in [0.2, 0.25) is 27.2 Å². The van der Waals surface area contributed by atoms with Crippen LogP contribution >= 0.6 is 0 Å². The lowest BCUT2D eigenvalue weighted by molar-refractivity contribution is -0.140. The van der Waals surface area contributed by atoms with Gasteiger partial charge in [-0.3, -0.25) is 14.3 Å². The zero-order valence-corrected chi connectivity index (χ0v) is 23.8. The third-order valence-electron chi connectivity index (χ3n) is 4.68. The molecular formula is C25H34N2O8S2. The Kier molecular flexibility index (Phi) is 9.72. The van der Waals surface area contributed by atoms with Crippen molar-refractivity contribution >= 4 is 44.2 Å². The van der Waals surface area contributed by atoms with Crippen molar-refractivity contribution in [2.45, 2.75) is 53.8 Å². The molecule has 0 heterocycles. The molecule has 2 rings (SSSR count). The highest BCUT2D eigenvalue weighted by molar-refractivity contribution is 7.92. The van der Waals surface area contributed by atoms with Crippen LogP contribution in [0.1, 0.15) is 40.2 Å². The van der Waals surface area contributed by atoms with Crippen LogP contribution < -0.4 is 23.7 Å². The number of ketones is 1. The summed E-state index contributed by atoms with van der Waals surface area (Å²) in [6.07, 6.45) is 0.434. The number of rotatable bonds is 11. The van der Waals surface area contributed by atoms with E-state index in [1.165, 1.54) is 24.5 Å². The molecule has 0 saturated carbocycles. The molecule has 10 nitrogen and oxygen atoms in total. The quantitative estimate of drug-likeness (QED) is 0.400. The van der Waals surface area contributed by atoms with Gasteiger partial charge in [-0.25, -0.2) is 12.6 Å². The molecule has 0 spiro atoms. The van der Waals surface area contributed by atoms with Crippen LogP contribution in [0.25, 0.3) is 0 Å². The van der Waals surface area contributed by atoms with E-state index in [0.29, 0.717) is 11.4 Å². The lowest BCUT2D eigenvalue weighted by Crippen LogP contribution is -2.45. The monoisotopic (exact) mass is 554 g/mol. The predicted octanol–water partition coefficient (Wildman–Crippen LogP) is 3.83. The van der Waals surface area contributed by atoms with Gasteiger partial charge in [0.15, 0.2) is 5.78 Å². The van der Waals surface area contributed by atoms with E-state index in [-0.39, 0.29) is 23.3 Å². The van der Waals surface area contributed by atoms with Crippen molar-refractivity contribution < 1.29 is 35.9 Å². The Labute approximate surface area is 220 Å². The number of anilines is 2. The number of Topliss-reactive ketones (excluding diaryl/α,β-unsaturated/α-hetero) is 1. The highest BCUT2D eigenvalue weighted by atomic mass is 32.2. The Morgan fingerprint density at radius 1 is 0.973 bits per heavy atom. The molecular weight excluding hydrogens is 520 g/mol. The number of benzene rings is 2. The van der Waals surface area contributed by atoms with Crippen molar-refractivity contribution in [2.75, 3.05) is 22.6 Å². The van der Waals surface area contributed by atoms with Gasteiger partial charge in [0.1, 0.15) is 17.2 Å². The fourth-order valence-electron chi connectivity index (χ4n) is 3.12. The molecule has 0 aliphatic heterocycles. The predicted molar refractivity (Wildman–Crippen MR) is 144 cm³/mol. The van der Waals surface area contributed by atoms with E-state index in [4.69, 9.17) is 13.7 Å². The number of hydrogen-bond acceptors (Lipinski definition) is 8. The Morgan fingerprint density at radius 2 is 1.57 bits per heavy atom. The third-order valence-corrected chi connectivity index (χ3v) is 5.69. The molecule has 2 atom stereocenters. The number of amides is 1. The normalized spacial score (nSPS) is 13.4. The van der Waals surface area contributed by atoms with Crippen LogP contribution in [-0.2, 0) is 30.7 Å². The van der Waals surface area contributed by atoms with Gasteiger partial charge in [0, 0.05) is 17.7 Å². The zero-order chi connectivity index (χ0) is 28.1. The van der Waals surface area contributed by atoms with E-state index in [9.17, 15) is 22.2 Å². The van der Waals surface area contributed by atoms with Gasteiger partial charge in [-0.05, 0) is 50.6 Å². The van der Waals surface area contributed by atoms with Gasteiger partial charge in [-0.2, -0.15) is 0 Å². The molecule has 2 N–H and O–H groups in total. The van der Waals surface area contributed by atoms with E-state index < -0.39 is 44.3 Å². The first-order valence-corrected chi connectivity index (χ1v) is 14.8. The lowest BCUT2D eigenvalue weighted by atomic mass is 9.87. The first-order chi connectivity index (χ1) is 17.0. The highest BCUT2D eigenvalue weighted by Crippen LogP contribution is 2.33. The van der Waals surface area contributed by atoms with Crippen molar-refractivity contribution in [3.8, 4) is 17.2 Å². The van der Waals surface area contributed by atoms with Gasteiger partial charge in [0.25, 0.3) is 5.91 Å². The van der Waals surface area contributed by atoms with Crippen molar-refractivity contribution in [3.63, 3.8) is 0 Å². The number of nitrogens with one attached hydrogen (secondary N) is 2. The van der Waals surface area contributed by atoms with Crippen LogP contribution in [0.15, 0.2) is 36.4 Å². The number of sulfonamides is 1. The van der Waals surface area contributed by atoms with Crippen LogP contribution in [-0.4, -0.2) is 49.0 Å². The fourth-order valence-corrected chi connectivity index (χ4v) is 4.06. The Hall–Kier alpha value is -3.12. The first kappa shape index (κ1) is 30.1. The van der Waals surface area contributed by atoms with Crippen LogP contribution in [0.5, 0.6) is 17.2 Å². The van der Waals surface area contributed by atoms with Crippen molar-refractivity contribution in [3.05, 3.63) is 42.0 Å². The van der Waals surface area contributed by atoms with Gasteiger partial charge >= 0.3 is 0 Å². The largest absolute Gasteiger partial charge is 0.489 e. The molecule has 204 valence electrons.